The van der Waals surface area contributed by atoms with Crippen molar-refractivity contribution in [2.45, 2.75) is 31.9 Å². The fraction of sp³-hybridized carbons (Fsp3) is 0.625. The third-order valence-corrected chi connectivity index (χ3v) is 3.49. The van der Waals surface area contributed by atoms with Gasteiger partial charge in [0, 0.05) is 6.61 Å². The molecule has 0 saturated carbocycles. The summed E-state index contributed by atoms with van der Waals surface area (Å²) in [4.78, 5) is 0. The van der Waals surface area contributed by atoms with Gasteiger partial charge in [0.05, 0.1) is 32.0 Å². The van der Waals surface area contributed by atoms with Crippen LogP contribution in [0.15, 0.2) is 24.3 Å². The van der Waals surface area contributed by atoms with Gasteiger partial charge in [-0.2, -0.15) is 0 Å². The summed E-state index contributed by atoms with van der Waals surface area (Å²) in [6.45, 7) is 5.08. The number of hydrogen-bond acceptors (Lipinski definition) is 4. The molecule has 4 heteroatoms. The minimum Gasteiger partial charge on any atom is -0.494 e. The summed E-state index contributed by atoms with van der Waals surface area (Å²) in [5.41, 5.74) is 1.22. The molecule has 0 aliphatic carbocycles. The molecule has 0 radical (unpaired) electrons. The molecular weight excluding hydrogens is 254 g/mol. The topological polar surface area (TPSA) is 39.7 Å². The molecule has 2 atom stereocenters. The zero-order valence-corrected chi connectivity index (χ0v) is 12.4. The van der Waals surface area contributed by atoms with Crippen molar-refractivity contribution in [2.24, 2.45) is 0 Å². The third-order valence-electron chi connectivity index (χ3n) is 3.49. The molecule has 2 unspecified atom stereocenters. The van der Waals surface area contributed by atoms with Gasteiger partial charge in [0.25, 0.3) is 0 Å². The molecule has 0 bridgehead atoms. The quantitative estimate of drug-likeness (QED) is 0.794. The fourth-order valence-corrected chi connectivity index (χ4v) is 2.24. The third kappa shape index (κ3) is 4.47. The summed E-state index contributed by atoms with van der Waals surface area (Å²) in [7, 11) is 1.96. The van der Waals surface area contributed by atoms with Crippen molar-refractivity contribution in [3.05, 3.63) is 29.8 Å². The van der Waals surface area contributed by atoms with Gasteiger partial charge in [-0.15, -0.1) is 0 Å². The van der Waals surface area contributed by atoms with Crippen molar-refractivity contribution in [3.8, 4) is 5.75 Å². The van der Waals surface area contributed by atoms with Crippen LogP contribution in [0.25, 0.3) is 0 Å². The summed E-state index contributed by atoms with van der Waals surface area (Å²) in [5, 5.41) is 3.30. The average molecular weight is 279 g/mol. The second kappa shape index (κ2) is 8.25. The lowest BCUT2D eigenvalue weighted by Crippen LogP contribution is -2.25. The summed E-state index contributed by atoms with van der Waals surface area (Å²) in [6, 6.07) is 8.44. The maximum Gasteiger partial charge on any atom is 0.119 e. The molecule has 1 fully saturated rings. The molecule has 112 valence electrons. The summed E-state index contributed by atoms with van der Waals surface area (Å²) < 4.78 is 16.8. The summed E-state index contributed by atoms with van der Waals surface area (Å²) in [6.07, 6.45) is 2.27. The van der Waals surface area contributed by atoms with Gasteiger partial charge in [0.1, 0.15) is 5.75 Å². The van der Waals surface area contributed by atoms with E-state index in [1.54, 1.807) is 0 Å². The van der Waals surface area contributed by atoms with E-state index in [-0.39, 0.29) is 12.1 Å². The molecule has 1 saturated heterocycles. The second-order valence-corrected chi connectivity index (χ2v) is 5.08. The molecule has 0 amide bonds. The van der Waals surface area contributed by atoms with Crippen LogP contribution < -0.4 is 10.1 Å². The molecule has 1 aromatic rings. The average Bonchev–Trinajstić information content (AvgIpc) is 3.00. The molecule has 1 heterocycles. The Bertz CT molecular complexity index is 374. The van der Waals surface area contributed by atoms with E-state index in [4.69, 9.17) is 14.2 Å². The first-order valence-electron chi connectivity index (χ1n) is 7.43. The van der Waals surface area contributed by atoms with E-state index in [0.717, 1.165) is 38.4 Å². The van der Waals surface area contributed by atoms with E-state index in [1.807, 2.05) is 19.2 Å². The van der Waals surface area contributed by atoms with Crippen molar-refractivity contribution in [1.29, 1.82) is 0 Å². The normalized spacial score (nSPS) is 20.0. The van der Waals surface area contributed by atoms with Gasteiger partial charge < -0.3 is 19.5 Å². The molecule has 2 rings (SSSR count). The first kappa shape index (κ1) is 15.3. The van der Waals surface area contributed by atoms with Crippen molar-refractivity contribution in [2.75, 3.05) is 33.5 Å². The molecule has 1 aromatic carbocycles. The monoisotopic (exact) mass is 279 g/mol. The Kier molecular flexibility index (Phi) is 6.30. The Morgan fingerprint density at radius 1 is 1.35 bits per heavy atom. The molecule has 1 aliphatic heterocycles. The van der Waals surface area contributed by atoms with Gasteiger partial charge in [-0.1, -0.05) is 19.1 Å². The van der Waals surface area contributed by atoms with Crippen LogP contribution in [0.2, 0.25) is 0 Å². The first-order chi connectivity index (χ1) is 9.83. The van der Waals surface area contributed by atoms with Crippen LogP contribution in [-0.4, -0.2) is 39.6 Å². The van der Waals surface area contributed by atoms with Crippen LogP contribution in [0.5, 0.6) is 5.75 Å². The van der Waals surface area contributed by atoms with E-state index >= 15 is 0 Å². The van der Waals surface area contributed by atoms with Gasteiger partial charge in [-0.3, -0.25) is 0 Å². The molecular formula is C16H25NO3. The van der Waals surface area contributed by atoms with Crippen LogP contribution in [0, 0.1) is 0 Å². The van der Waals surface area contributed by atoms with Gasteiger partial charge >= 0.3 is 0 Å². The Balaban J connectivity index is 1.85. The number of ether oxygens (including phenoxy) is 3. The highest BCUT2D eigenvalue weighted by atomic mass is 16.5. The molecule has 0 spiro atoms. The van der Waals surface area contributed by atoms with Crippen LogP contribution in [0.1, 0.15) is 31.4 Å². The Hall–Kier alpha value is -1.10. The van der Waals surface area contributed by atoms with Gasteiger partial charge in [0.2, 0.25) is 0 Å². The molecule has 0 aromatic heterocycles. The highest BCUT2D eigenvalue weighted by molar-refractivity contribution is 5.29. The van der Waals surface area contributed by atoms with Crippen LogP contribution in [-0.2, 0) is 9.47 Å². The van der Waals surface area contributed by atoms with Gasteiger partial charge in [0.15, 0.2) is 0 Å². The minimum absolute atomic E-state index is 0.204. The van der Waals surface area contributed by atoms with E-state index in [1.165, 1.54) is 5.56 Å². The molecule has 1 N–H and O–H groups in total. The highest BCUT2D eigenvalue weighted by Crippen LogP contribution is 2.19. The SMILES string of the molecule is CCCOc1ccc(C(COC2CCOC2)NC)cc1. The maximum absolute atomic E-state index is 5.89. The van der Waals surface area contributed by atoms with Crippen molar-refractivity contribution in [3.63, 3.8) is 0 Å². The second-order valence-electron chi connectivity index (χ2n) is 5.08. The van der Waals surface area contributed by atoms with E-state index in [2.05, 4.69) is 24.4 Å². The molecule has 4 nitrogen and oxygen atoms in total. The van der Waals surface area contributed by atoms with Crippen LogP contribution in [0.4, 0.5) is 0 Å². The predicted octanol–water partition coefficient (Wildman–Crippen LogP) is 2.54. The lowest BCUT2D eigenvalue weighted by molar-refractivity contribution is 0.0308. The van der Waals surface area contributed by atoms with Crippen LogP contribution in [0.3, 0.4) is 0 Å². The van der Waals surface area contributed by atoms with E-state index < -0.39 is 0 Å². The van der Waals surface area contributed by atoms with Crippen molar-refractivity contribution < 1.29 is 14.2 Å². The zero-order valence-electron chi connectivity index (χ0n) is 12.4. The molecule has 20 heavy (non-hydrogen) atoms. The fourth-order valence-electron chi connectivity index (χ4n) is 2.24. The predicted molar refractivity (Wildman–Crippen MR) is 79.2 cm³/mol. The van der Waals surface area contributed by atoms with Gasteiger partial charge in [-0.05, 0) is 37.6 Å². The number of benzene rings is 1. The lowest BCUT2D eigenvalue weighted by atomic mass is 10.1. The zero-order chi connectivity index (χ0) is 14.2. The van der Waals surface area contributed by atoms with Crippen molar-refractivity contribution in [1.82, 2.24) is 5.32 Å². The Morgan fingerprint density at radius 3 is 2.75 bits per heavy atom. The highest BCUT2D eigenvalue weighted by Gasteiger charge is 2.18. The Morgan fingerprint density at radius 2 is 2.15 bits per heavy atom. The largest absolute Gasteiger partial charge is 0.494 e. The summed E-state index contributed by atoms with van der Waals surface area (Å²) in [5.74, 6) is 0.926. The minimum atomic E-state index is 0.204. The maximum atomic E-state index is 5.89. The smallest absolute Gasteiger partial charge is 0.119 e. The summed E-state index contributed by atoms with van der Waals surface area (Å²) >= 11 is 0. The first-order valence-corrected chi connectivity index (χ1v) is 7.43. The number of nitrogens with one attached hydrogen (secondary N) is 1. The Labute approximate surface area is 121 Å². The lowest BCUT2D eigenvalue weighted by Gasteiger charge is -2.19. The van der Waals surface area contributed by atoms with Gasteiger partial charge in [-0.25, -0.2) is 0 Å². The number of likely N-dealkylation sites (N-methyl/N-ethyl adjacent to an activating group) is 1. The standard InChI is InChI=1S/C16H25NO3/c1-3-9-19-14-6-4-13(5-7-14)16(17-2)12-20-15-8-10-18-11-15/h4-7,15-17H,3,8-12H2,1-2H3. The molecule has 1 aliphatic rings. The van der Waals surface area contributed by atoms with E-state index in [0.29, 0.717) is 6.61 Å². The number of hydrogen-bond donors (Lipinski definition) is 1. The van der Waals surface area contributed by atoms with Crippen LogP contribution >= 0.6 is 0 Å². The van der Waals surface area contributed by atoms with E-state index in [9.17, 15) is 0 Å². The number of rotatable bonds is 8. The van der Waals surface area contributed by atoms with Crippen molar-refractivity contribution >= 4 is 0 Å².